The normalized spacial score (nSPS) is 18.1. The third kappa shape index (κ3) is 9.99. The van der Waals surface area contributed by atoms with Gasteiger partial charge in [0.05, 0.1) is 29.3 Å². The van der Waals surface area contributed by atoms with Crippen LogP contribution >= 0.6 is 0 Å². The van der Waals surface area contributed by atoms with Crippen LogP contribution in [-0.4, -0.2) is 86.1 Å². The maximum absolute atomic E-state index is 12.7. The number of likely N-dealkylation sites (tertiary alicyclic amines) is 1. The number of hydrogen-bond donors (Lipinski definition) is 4. The fourth-order valence-corrected chi connectivity index (χ4v) is 8.45. The number of aromatic nitrogens is 5. The van der Waals surface area contributed by atoms with Gasteiger partial charge in [0.15, 0.2) is 0 Å². The lowest BCUT2D eigenvalue weighted by Crippen LogP contribution is -2.47. The van der Waals surface area contributed by atoms with Crippen molar-refractivity contribution in [3.05, 3.63) is 108 Å². The van der Waals surface area contributed by atoms with Crippen LogP contribution in [0.5, 0.6) is 0 Å². The highest BCUT2D eigenvalue weighted by atomic mass is 16.2. The monoisotopic (exact) mass is 809 g/mol. The van der Waals surface area contributed by atoms with E-state index in [0.29, 0.717) is 42.7 Å². The number of nitrogens with zero attached hydrogens (tertiary/aromatic N) is 7. The number of carbonyl (C=O) groups excluding carboxylic acids is 3. The molecule has 3 aromatic heterocycles. The van der Waals surface area contributed by atoms with Gasteiger partial charge in [0.1, 0.15) is 6.04 Å². The lowest BCUT2D eigenvalue weighted by molar-refractivity contribution is -0.133. The van der Waals surface area contributed by atoms with Crippen LogP contribution in [0.3, 0.4) is 0 Å². The number of imide groups is 1. The highest BCUT2D eigenvalue weighted by Gasteiger charge is 2.28. The van der Waals surface area contributed by atoms with E-state index in [0.717, 1.165) is 85.0 Å². The van der Waals surface area contributed by atoms with Crippen LogP contribution in [0, 0.1) is 12.8 Å². The van der Waals surface area contributed by atoms with Crippen molar-refractivity contribution in [3.63, 3.8) is 0 Å². The summed E-state index contributed by atoms with van der Waals surface area (Å²) < 4.78 is 1.78. The first-order valence-electron chi connectivity index (χ1n) is 21.3. The summed E-state index contributed by atoms with van der Waals surface area (Å²) in [6.45, 7) is 12.0. The molecular weight excluding hydrogens is 755 g/mol. The molecule has 3 amide bonds. The minimum atomic E-state index is -0.398. The van der Waals surface area contributed by atoms with E-state index in [4.69, 9.17) is 9.97 Å². The van der Waals surface area contributed by atoms with Crippen LogP contribution in [-0.2, 0) is 16.1 Å². The number of nitrogens with one attached hydrogen (secondary N) is 4. The molecule has 0 bridgehead atoms. The Morgan fingerprint density at radius 2 is 1.67 bits per heavy atom. The predicted octanol–water partition coefficient (Wildman–Crippen LogP) is 6.61. The van der Waals surface area contributed by atoms with Crippen LogP contribution < -0.4 is 26.2 Å². The summed E-state index contributed by atoms with van der Waals surface area (Å²) >= 11 is 0. The molecular formula is C46H55N11O3. The van der Waals surface area contributed by atoms with Crippen molar-refractivity contribution in [3.8, 4) is 11.3 Å². The molecule has 14 heteroatoms. The second-order valence-electron chi connectivity index (χ2n) is 16.7. The number of aryl methyl sites for hydroxylation is 1. The minimum absolute atomic E-state index is 0.141. The molecule has 4 N–H and O–H groups in total. The summed E-state index contributed by atoms with van der Waals surface area (Å²) in [5.41, 5.74) is 8.56. The van der Waals surface area contributed by atoms with E-state index in [2.05, 4.69) is 77.5 Å². The molecule has 0 radical (unpaired) electrons. The zero-order valence-corrected chi connectivity index (χ0v) is 34.7. The van der Waals surface area contributed by atoms with Crippen molar-refractivity contribution in [2.24, 2.45) is 5.92 Å². The zero-order valence-electron chi connectivity index (χ0n) is 34.7. The number of carbonyl (C=O) groups is 3. The quantitative estimate of drug-likeness (QED) is 0.0948. The zero-order chi connectivity index (χ0) is 41.6. The molecule has 0 saturated carbocycles. The molecule has 0 aliphatic carbocycles. The lowest BCUT2D eigenvalue weighted by atomic mass is 9.90. The number of piperidine rings is 3. The summed E-state index contributed by atoms with van der Waals surface area (Å²) in [4.78, 5) is 55.4. The van der Waals surface area contributed by atoms with Gasteiger partial charge in [-0.05, 0) is 132 Å². The van der Waals surface area contributed by atoms with E-state index < -0.39 is 6.04 Å². The summed E-state index contributed by atoms with van der Waals surface area (Å²) in [5, 5.41) is 16.3. The molecule has 0 spiro atoms. The maximum Gasteiger partial charge on any atom is 0.254 e. The summed E-state index contributed by atoms with van der Waals surface area (Å²) in [6.07, 6.45) is 12.4. The highest BCUT2D eigenvalue weighted by Crippen LogP contribution is 2.31. The fraction of sp³-hybridized carbons (Fsp3) is 0.413. The average molecular weight is 810 g/mol. The average Bonchev–Trinajstić information content (AvgIpc) is 3.77. The summed E-state index contributed by atoms with van der Waals surface area (Å²) in [5.74, 6) is 1.07. The molecule has 5 aromatic rings. The topological polar surface area (TPSA) is 162 Å². The minimum Gasteiger partial charge on any atom is -0.372 e. The van der Waals surface area contributed by atoms with E-state index in [-0.39, 0.29) is 23.8 Å². The Balaban J connectivity index is 0.763. The van der Waals surface area contributed by atoms with E-state index in [1.165, 1.54) is 18.5 Å². The van der Waals surface area contributed by atoms with Crippen molar-refractivity contribution < 1.29 is 14.4 Å². The van der Waals surface area contributed by atoms with E-state index in [9.17, 15) is 14.4 Å². The Morgan fingerprint density at radius 1 is 0.883 bits per heavy atom. The third-order valence-corrected chi connectivity index (χ3v) is 12.1. The number of amides is 3. The van der Waals surface area contributed by atoms with Crippen molar-refractivity contribution in [1.29, 1.82) is 0 Å². The lowest BCUT2D eigenvalue weighted by Gasteiger charge is -2.38. The first-order valence-corrected chi connectivity index (χ1v) is 21.3. The molecule has 14 nitrogen and oxygen atoms in total. The second kappa shape index (κ2) is 18.4. The molecule has 3 aliphatic rings. The van der Waals surface area contributed by atoms with Crippen molar-refractivity contribution >= 4 is 40.7 Å². The number of anilines is 4. The molecule has 312 valence electrons. The van der Waals surface area contributed by atoms with Gasteiger partial charge in [0, 0.05) is 79.6 Å². The van der Waals surface area contributed by atoms with Gasteiger partial charge >= 0.3 is 0 Å². The SMILES string of the molecule is Cc1cc(-c2ccnc(Nc3ccc(N4CCC(CN5CCC(c6ccc(NC7CCC(=O)NC7=O)cn6)CC5)CC4)cc3)n2)ccc1CNC(=O)c1cnn(C(C)C)c1. The van der Waals surface area contributed by atoms with E-state index >= 15 is 0 Å². The van der Waals surface area contributed by atoms with Gasteiger partial charge in [-0.1, -0.05) is 12.1 Å². The summed E-state index contributed by atoms with van der Waals surface area (Å²) in [6, 6.07) is 20.5. The predicted molar refractivity (Wildman–Crippen MR) is 233 cm³/mol. The molecule has 3 saturated heterocycles. The number of hydrogen-bond acceptors (Lipinski definition) is 11. The van der Waals surface area contributed by atoms with Crippen LogP contribution in [0.15, 0.2) is 85.5 Å². The molecule has 2 aromatic carbocycles. The molecule has 1 atom stereocenters. The molecule has 60 heavy (non-hydrogen) atoms. The number of benzene rings is 2. The largest absolute Gasteiger partial charge is 0.372 e. The van der Waals surface area contributed by atoms with Crippen molar-refractivity contribution in [1.82, 2.24) is 40.3 Å². The van der Waals surface area contributed by atoms with E-state index in [1.807, 2.05) is 51.2 Å². The number of pyridine rings is 1. The Bertz CT molecular complexity index is 2280. The third-order valence-electron chi connectivity index (χ3n) is 12.1. The Morgan fingerprint density at radius 3 is 2.37 bits per heavy atom. The first-order chi connectivity index (χ1) is 29.1. The first kappa shape index (κ1) is 40.6. The molecule has 3 aliphatic heterocycles. The highest BCUT2D eigenvalue weighted by molar-refractivity contribution is 6.01. The van der Waals surface area contributed by atoms with Crippen LogP contribution in [0.25, 0.3) is 11.3 Å². The van der Waals surface area contributed by atoms with E-state index in [1.54, 1.807) is 23.3 Å². The van der Waals surface area contributed by atoms with Gasteiger partial charge in [-0.3, -0.25) is 29.4 Å². The Kier molecular flexibility index (Phi) is 12.5. The van der Waals surface area contributed by atoms with Crippen molar-refractivity contribution in [2.45, 2.75) is 83.8 Å². The molecule has 8 rings (SSSR count). The molecule has 3 fully saturated rings. The van der Waals surface area contributed by atoms with Crippen LogP contribution in [0.1, 0.15) is 91.5 Å². The van der Waals surface area contributed by atoms with Crippen LogP contribution in [0.4, 0.5) is 23.0 Å². The van der Waals surface area contributed by atoms with Gasteiger partial charge in [0.25, 0.3) is 5.91 Å². The smallest absolute Gasteiger partial charge is 0.254 e. The Labute approximate surface area is 351 Å². The number of rotatable bonds is 13. The van der Waals surface area contributed by atoms with Gasteiger partial charge in [-0.25, -0.2) is 9.97 Å². The maximum atomic E-state index is 12.7. The summed E-state index contributed by atoms with van der Waals surface area (Å²) in [7, 11) is 0. The van der Waals surface area contributed by atoms with Crippen LogP contribution in [0.2, 0.25) is 0 Å². The standard InChI is InChI=1S/C46H55N11O3/c1-30(2)57-29-36(26-50-57)44(59)49-25-35-5-4-34(24-31(35)3)41-14-19-47-46(53-41)52-37-6-9-39(10-7-37)56-22-15-32(16-23-56)28-55-20-17-33(18-21-55)40-11-8-38(27-48-40)51-42-12-13-43(58)54-45(42)60/h4-11,14,19,24,26-27,29-30,32-33,42,51H,12-13,15-18,20-23,25,28H2,1-3H3,(H,49,59)(H,47,52,53)(H,54,58,60). The van der Waals surface area contributed by atoms with Gasteiger partial charge in [0.2, 0.25) is 17.8 Å². The second-order valence-corrected chi connectivity index (χ2v) is 16.7. The molecule has 6 heterocycles. The Hall–Kier alpha value is -6.15. The van der Waals surface area contributed by atoms with Gasteiger partial charge in [-0.15, -0.1) is 0 Å². The van der Waals surface area contributed by atoms with Gasteiger partial charge in [-0.2, -0.15) is 5.10 Å². The fourth-order valence-electron chi connectivity index (χ4n) is 8.45. The van der Waals surface area contributed by atoms with Gasteiger partial charge < -0.3 is 25.8 Å². The van der Waals surface area contributed by atoms with Crippen molar-refractivity contribution in [2.75, 3.05) is 48.3 Å². The molecule has 1 unspecified atom stereocenters.